The first-order valence-corrected chi connectivity index (χ1v) is 36.9. The molecule has 6 aromatic heterocycles. The number of aryl methyl sites for hydroxylation is 2. The minimum Gasteiger partial charge on any atom is -0.478 e. The molecule has 2 atom stereocenters. The highest BCUT2D eigenvalue weighted by Crippen LogP contribution is 2.31. The van der Waals surface area contributed by atoms with Gasteiger partial charge in [-0.15, -0.1) is 0 Å². The number of nitrogens with zero attached hydrogens (tertiary/aromatic N) is 14. The average Bonchev–Trinajstić information content (AvgIpc) is 1.68. The largest absolute Gasteiger partial charge is 0.478 e. The number of nitriles is 2. The molecule has 0 spiro atoms. The molecule has 10 N–H and O–H groups in total. The second-order valence-electron chi connectivity index (χ2n) is 24.0. The lowest BCUT2D eigenvalue weighted by atomic mass is 9.96. The first-order valence-electron chi connectivity index (χ1n) is 32.5. The van der Waals surface area contributed by atoms with Gasteiger partial charge in [-0.2, -0.15) is 42.7 Å². The van der Waals surface area contributed by atoms with Gasteiger partial charge in [0.1, 0.15) is 0 Å². The number of nitrogens with one attached hydrogen (secondary N) is 2. The average molecular weight is 1610 g/mol. The second-order valence-corrected chi connectivity index (χ2v) is 28.4. The zero-order valence-electron chi connectivity index (χ0n) is 59.9. The van der Waals surface area contributed by atoms with Crippen molar-refractivity contribution in [3.63, 3.8) is 0 Å². The molecule has 0 fully saturated rings. The maximum atomic E-state index is 12.4. The number of hydrogen-bond acceptors (Lipinski definition) is 22. The van der Waals surface area contributed by atoms with Crippen molar-refractivity contribution < 1.29 is 50.5 Å². The number of carbonyl (C=O) groups excluding carboxylic acids is 1. The van der Waals surface area contributed by atoms with Crippen LogP contribution in [0.1, 0.15) is 136 Å². The number of nitrogens with two attached hydrogens (primary N) is 2. The summed E-state index contributed by atoms with van der Waals surface area (Å²) in [5.74, 6) is -1.49. The van der Waals surface area contributed by atoms with Crippen LogP contribution in [-0.4, -0.2) is 119 Å². The van der Waals surface area contributed by atoms with Crippen molar-refractivity contribution in [3.05, 3.63) is 225 Å². The number of anilines is 5. The highest BCUT2D eigenvalue weighted by Gasteiger charge is 2.17. The molecule has 0 unspecified atom stereocenters. The normalized spacial score (nSPS) is 11.1. The Morgan fingerprint density at radius 2 is 0.835 bits per heavy atom. The van der Waals surface area contributed by atoms with Crippen LogP contribution < -0.4 is 22.1 Å². The van der Waals surface area contributed by atoms with Crippen LogP contribution in [0.4, 0.5) is 29.0 Å². The molecule has 0 aliphatic carbocycles. The van der Waals surface area contributed by atoms with Crippen molar-refractivity contribution in [2.45, 2.75) is 123 Å². The number of carbonyl (C=O) groups is 3. The minimum absolute atomic E-state index is 0. The lowest BCUT2D eigenvalue weighted by Crippen LogP contribution is -2.09. The second kappa shape index (κ2) is 43.0. The fourth-order valence-corrected chi connectivity index (χ4v) is 10.2. The molecule has 0 radical (unpaired) electrons. The van der Waals surface area contributed by atoms with Gasteiger partial charge >= 0.3 is 11.9 Å². The van der Waals surface area contributed by atoms with Gasteiger partial charge < -0.3 is 32.3 Å². The Labute approximate surface area is 652 Å². The van der Waals surface area contributed by atoms with Crippen LogP contribution in [0.2, 0.25) is 20.4 Å². The third-order valence-electron chi connectivity index (χ3n) is 14.4. The fourth-order valence-electron chi connectivity index (χ4n) is 8.47. The van der Waals surface area contributed by atoms with Crippen molar-refractivity contribution in [1.29, 1.82) is 10.5 Å². The summed E-state index contributed by atoms with van der Waals surface area (Å²) in [5.41, 5.74) is 19.2. The van der Waals surface area contributed by atoms with Crippen molar-refractivity contribution in [2.24, 2.45) is 11.7 Å². The third kappa shape index (κ3) is 29.9. The summed E-state index contributed by atoms with van der Waals surface area (Å²) < 4.78 is 64.6. The number of aromatic nitrogens is 12. The maximum Gasteiger partial charge on any atom is 0.335 e. The van der Waals surface area contributed by atoms with E-state index < -0.39 is 32.2 Å². The molecule has 35 heteroatoms. The Bertz CT molecular complexity index is 5040. The molecule has 11 aromatic rings. The van der Waals surface area contributed by atoms with E-state index in [0.717, 1.165) is 33.8 Å². The highest BCUT2D eigenvalue weighted by molar-refractivity contribution is 7.86. The Kier molecular flexibility index (Phi) is 35.7. The molecule has 11 rings (SSSR count). The van der Waals surface area contributed by atoms with Crippen molar-refractivity contribution in [1.82, 2.24) is 59.2 Å². The van der Waals surface area contributed by atoms with Crippen molar-refractivity contribution in [2.75, 3.05) is 16.4 Å². The van der Waals surface area contributed by atoms with Crippen molar-refractivity contribution in [3.8, 4) is 45.9 Å². The van der Waals surface area contributed by atoms with E-state index in [1.807, 2.05) is 81.1 Å². The van der Waals surface area contributed by atoms with E-state index in [1.165, 1.54) is 67.1 Å². The summed E-state index contributed by atoms with van der Waals surface area (Å²) >= 11 is 24.1. The van der Waals surface area contributed by atoms with Crippen LogP contribution in [0.25, 0.3) is 33.8 Å². The molecule has 109 heavy (non-hydrogen) atoms. The molecule has 6 heterocycles. The molecular formula is C74H82Cl4N18O11S2. The number of hydrogen-bond donors (Lipinski definition) is 8. The lowest BCUT2D eigenvalue weighted by Gasteiger charge is -2.09. The molecule has 0 amide bonds. The van der Waals surface area contributed by atoms with Gasteiger partial charge in [0.25, 0.3) is 20.2 Å². The topological polar surface area (TPSA) is 455 Å². The third-order valence-corrected chi connectivity index (χ3v) is 17.1. The van der Waals surface area contributed by atoms with Crippen LogP contribution in [0.15, 0.2) is 187 Å². The predicted molar refractivity (Wildman–Crippen MR) is 421 cm³/mol. The van der Waals surface area contributed by atoms with Crippen LogP contribution in [0.5, 0.6) is 0 Å². The predicted octanol–water partition coefficient (Wildman–Crippen LogP) is 16.6. The van der Waals surface area contributed by atoms with E-state index in [-0.39, 0.29) is 69.9 Å². The number of rotatable bonds is 18. The summed E-state index contributed by atoms with van der Waals surface area (Å²) in [6.45, 7) is 19.5. The van der Waals surface area contributed by atoms with Gasteiger partial charge in [-0.25, -0.2) is 39.5 Å². The van der Waals surface area contributed by atoms with Crippen molar-refractivity contribution >= 4 is 113 Å². The molecule has 574 valence electrons. The van der Waals surface area contributed by atoms with E-state index in [9.17, 15) is 31.2 Å². The van der Waals surface area contributed by atoms with E-state index in [4.69, 9.17) is 87.7 Å². The molecule has 0 saturated carbocycles. The number of aromatic carboxylic acids is 2. The van der Waals surface area contributed by atoms with Gasteiger partial charge in [-0.05, 0) is 129 Å². The molecule has 5 aromatic carbocycles. The summed E-state index contributed by atoms with van der Waals surface area (Å²) in [7, 11) is -8.04. The SMILES string of the molecule is C.CC(C)n1cc(N)cn1.CC(C)n1cc(Nc2ncc(Cl)c(-c3ccc(C(=O)O)cc3)n2)cn1.CC[C@@H](C#N)CC(=O)c1ccc(-c2nc(Nc3cnn(C(C)C)c3)ncc2Cl)cc1.C[C@H](N)C#N.Cc1ccc(S(=O)(=O)O)cc1.Cc1ccc(S(=O)(=O)O)cc1.O=C(O)c1ccc(-c2nc(Cl)ncc2Cl)cc1. The Morgan fingerprint density at radius 3 is 1.12 bits per heavy atom. The first-order chi connectivity index (χ1) is 50.9. The number of carboxylic acids is 2. The summed E-state index contributed by atoms with van der Waals surface area (Å²) in [6, 6.07) is 36.2. The van der Waals surface area contributed by atoms with E-state index in [2.05, 4.69) is 75.8 Å². The Balaban J connectivity index is 0.000000286. The molecule has 0 saturated heterocycles. The fraction of sp³-hybridized carbons (Fsp3) is 0.243. The van der Waals surface area contributed by atoms with Gasteiger partial charge in [-0.3, -0.25) is 27.9 Å². The van der Waals surface area contributed by atoms with Gasteiger partial charge in [-0.1, -0.05) is 133 Å². The van der Waals surface area contributed by atoms with E-state index >= 15 is 0 Å². The molecule has 0 aliphatic rings. The quantitative estimate of drug-likeness (QED) is 0.0225. The van der Waals surface area contributed by atoms with Gasteiger partial charge in [0.05, 0.1) is 131 Å². The summed E-state index contributed by atoms with van der Waals surface area (Å²) in [4.78, 5) is 59.0. The van der Waals surface area contributed by atoms with Gasteiger partial charge in [0, 0.05) is 65.4 Å². The van der Waals surface area contributed by atoms with E-state index in [1.54, 1.807) is 104 Å². The Morgan fingerprint density at radius 1 is 0.505 bits per heavy atom. The zero-order chi connectivity index (χ0) is 80.2. The zero-order valence-corrected chi connectivity index (χ0v) is 64.6. The number of benzene rings is 5. The Hall–Kier alpha value is -11.1. The smallest absolute Gasteiger partial charge is 0.335 e. The standard InChI is InChI=1S/C22H23ClN6O.C17H16ClN5O2.C11H6Cl2N2O2.2C7H8O3S.C6H11N3.C3H6N2.CH4/c1-4-15(10-24)9-20(30)16-5-7-17(8-6-16)21-19(23)12-25-22(28-21)27-18-11-26-29(13-18)14(2)3;1-10(2)23-9-13(7-20-23)21-17-19-8-14(18)15(22-17)11-3-5-12(6-4-11)16(24)25;12-8-5-14-11(13)15-9(8)6-1-3-7(4-2-6)10(16)17;2*1-6-2-4-7(5-3-6)11(8,9)10;1-5(2)9-4-6(7)3-8-9;1-3(5)2-4;/h5-8,11-15H,4,9H2,1-3H3,(H,25,27,28);3-10H,1-2H3,(H,24,25)(H,19,21,22);1-5H,(H,16,17);2*2-5H,1H3,(H,8,9,10);3-5H,7H2,1-2H3;3H,5H2,1H3;1H4/t15-;;;;;;3-;/m1.....0./s1. The van der Waals surface area contributed by atoms with E-state index in [0.29, 0.717) is 73.2 Å². The molecular weight excluding hydrogens is 1520 g/mol. The first kappa shape index (κ1) is 90.3. The number of ketones is 1. The van der Waals surface area contributed by atoms with Gasteiger partial charge in [0.15, 0.2) is 5.78 Å². The maximum absolute atomic E-state index is 12.4. The monoisotopic (exact) mass is 1600 g/mol. The van der Waals surface area contributed by atoms with Crippen LogP contribution in [-0.2, 0) is 20.2 Å². The van der Waals surface area contributed by atoms with Crippen LogP contribution in [0.3, 0.4) is 0 Å². The number of halogens is 4. The molecule has 0 bridgehead atoms. The minimum atomic E-state index is -4.02. The van der Waals surface area contributed by atoms with Gasteiger partial charge in [0.2, 0.25) is 17.2 Å². The highest BCUT2D eigenvalue weighted by atomic mass is 35.5. The number of nitrogen functional groups attached to an aromatic ring is 1. The summed E-state index contributed by atoms with van der Waals surface area (Å²) in [5, 5.41) is 54.6. The number of carboxylic acid groups (broad SMARTS) is 2. The summed E-state index contributed by atoms with van der Waals surface area (Å²) in [6.07, 6.45) is 15.9. The number of Topliss-reactive ketones (excluding diaryl/α,β-unsaturated/α-hetero) is 1. The molecule has 29 nitrogen and oxygen atoms in total. The molecule has 0 aliphatic heterocycles. The van der Waals surface area contributed by atoms with Crippen LogP contribution >= 0.6 is 46.4 Å². The van der Waals surface area contributed by atoms with Crippen LogP contribution in [0, 0.1) is 42.4 Å². The lowest BCUT2D eigenvalue weighted by molar-refractivity contribution is 0.0686.